The summed E-state index contributed by atoms with van der Waals surface area (Å²) in [5.74, 6) is 0. The van der Waals surface area contributed by atoms with Gasteiger partial charge >= 0.3 is 6.09 Å². The highest BCUT2D eigenvalue weighted by atomic mass is 32.1. The Morgan fingerprint density at radius 2 is 2.20 bits per heavy atom. The molecule has 0 bridgehead atoms. The van der Waals surface area contributed by atoms with Gasteiger partial charge in [-0.2, -0.15) is 0 Å². The van der Waals surface area contributed by atoms with Crippen LogP contribution in [0, 0.1) is 0 Å². The van der Waals surface area contributed by atoms with E-state index in [0.29, 0.717) is 10.0 Å². The number of carbonyl (C=O) groups excluding carboxylic acids is 1. The van der Waals surface area contributed by atoms with Gasteiger partial charge in [0.15, 0.2) is 5.13 Å². The zero-order chi connectivity index (χ0) is 15.3. The van der Waals surface area contributed by atoms with E-state index in [4.69, 9.17) is 10.5 Å². The van der Waals surface area contributed by atoms with Gasteiger partial charge in [-0.05, 0) is 27.2 Å². The SMILES string of the molecule is CC(C)(C)OC(=O)NCCC(O)C(O)c1cnc(N)s1. The molecule has 1 rings (SSSR count). The smallest absolute Gasteiger partial charge is 0.407 e. The molecule has 0 aliphatic rings. The molecule has 8 heteroatoms. The highest BCUT2D eigenvalue weighted by Crippen LogP contribution is 2.25. The van der Waals surface area contributed by atoms with Crippen molar-refractivity contribution >= 4 is 22.6 Å². The molecule has 1 aromatic heterocycles. The van der Waals surface area contributed by atoms with E-state index in [9.17, 15) is 15.0 Å². The number of nitrogen functional groups attached to an aromatic ring is 1. The Hall–Kier alpha value is -1.38. The van der Waals surface area contributed by atoms with Gasteiger partial charge in [0.25, 0.3) is 0 Å². The van der Waals surface area contributed by atoms with Gasteiger partial charge in [0, 0.05) is 12.7 Å². The van der Waals surface area contributed by atoms with Gasteiger partial charge in [0.1, 0.15) is 11.7 Å². The number of alkyl carbamates (subject to hydrolysis) is 1. The maximum absolute atomic E-state index is 11.4. The zero-order valence-corrected chi connectivity index (χ0v) is 12.6. The average Bonchev–Trinajstić information content (AvgIpc) is 2.72. The second kappa shape index (κ2) is 6.87. The van der Waals surface area contributed by atoms with E-state index in [1.54, 1.807) is 20.8 Å². The van der Waals surface area contributed by atoms with E-state index in [1.165, 1.54) is 6.20 Å². The maximum atomic E-state index is 11.4. The Bertz CT molecular complexity index is 444. The molecule has 0 aliphatic heterocycles. The first-order chi connectivity index (χ1) is 9.19. The fraction of sp³-hybridized carbons (Fsp3) is 0.667. The van der Waals surface area contributed by atoms with Crippen molar-refractivity contribution < 1.29 is 19.7 Å². The Kier molecular flexibility index (Phi) is 5.73. The molecule has 0 saturated carbocycles. The van der Waals surface area contributed by atoms with Crippen LogP contribution < -0.4 is 11.1 Å². The number of ether oxygens (including phenoxy) is 1. The van der Waals surface area contributed by atoms with Crippen LogP contribution in [0.25, 0.3) is 0 Å². The van der Waals surface area contributed by atoms with Crippen LogP contribution in [0.4, 0.5) is 9.93 Å². The predicted octanol–water partition coefficient (Wildman–Crippen LogP) is 1.03. The predicted molar refractivity (Wildman–Crippen MR) is 76.3 cm³/mol. The van der Waals surface area contributed by atoms with E-state index in [-0.39, 0.29) is 13.0 Å². The molecular formula is C12H21N3O4S. The monoisotopic (exact) mass is 303 g/mol. The van der Waals surface area contributed by atoms with Gasteiger partial charge in [-0.15, -0.1) is 0 Å². The molecule has 7 nitrogen and oxygen atoms in total. The quantitative estimate of drug-likeness (QED) is 0.645. The molecule has 0 aromatic carbocycles. The minimum atomic E-state index is -1.06. The number of amides is 1. The summed E-state index contributed by atoms with van der Waals surface area (Å²) in [5.41, 5.74) is 4.89. The van der Waals surface area contributed by atoms with Gasteiger partial charge in [-0.25, -0.2) is 9.78 Å². The lowest BCUT2D eigenvalue weighted by molar-refractivity contribution is 0.0142. The van der Waals surface area contributed by atoms with Crippen LogP contribution in [0.1, 0.15) is 38.2 Å². The van der Waals surface area contributed by atoms with Crippen LogP contribution >= 0.6 is 11.3 Å². The molecule has 0 saturated heterocycles. The first kappa shape index (κ1) is 16.7. The van der Waals surface area contributed by atoms with E-state index in [2.05, 4.69) is 10.3 Å². The summed E-state index contributed by atoms with van der Waals surface area (Å²) < 4.78 is 5.05. The molecule has 1 heterocycles. The Balaban J connectivity index is 2.33. The number of aliphatic hydroxyl groups excluding tert-OH is 2. The van der Waals surface area contributed by atoms with Crippen LogP contribution in [0.15, 0.2) is 6.20 Å². The molecule has 2 atom stereocenters. The molecule has 1 aromatic rings. The zero-order valence-electron chi connectivity index (χ0n) is 11.8. The molecule has 0 aliphatic carbocycles. The van der Waals surface area contributed by atoms with Gasteiger partial charge in [0.05, 0.1) is 11.0 Å². The Labute approximate surface area is 121 Å². The minimum absolute atomic E-state index is 0.193. The topological polar surface area (TPSA) is 118 Å². The first-order valence-electron chi connectivity index (χ1n) is 6.23. The minimum Gasteiger partial charge on any atom is -0.444 e. The lowest BCUT2D eigenvalue weighted by atomic mass is 10.1. The molecule has 114 valence electrons. The van der Waals surface area contributed by atoms with Crippen molar-refractivity contribution in [1.82, 2.24) is 10.3 Å². The fourth-order valence-corrected chi connectivity index (χ4v) is 2.15. The first-order valence-corrected chi connectivity index (χ1v) is 7.05. The summed E-state index contributed by atoms with van der Waals surface area (Å²) >= 11 is 1.12. The van der Waals surface area contributed by atoms with Crippen LogP contribution in [0.2, 0.25) is 0 Å². The number of hydrogen-bond donors (Lipinski definition) is 4. The third kappa shape index (κ3) is 5.72. The molecule has 5 N–H and O–H groups in total. The number of rotatable bonds is 5. The Morgan fingerprint density at radius 1 is 1.55 bits per heavy atom. The normalized spacial score (nSPS) is 14.7. The van der Waals surface area contributed by atoms with Crippen molar-refractivity contribution in [3.63, 3.8) is 0 Å². The maximum Gasteiger partial charge on any atom is 0.407 e. The van der Waals surface area contributed by atoms with Crippen LogP contribution in [0.3, 0.4) is 0 Å². The van der Waals surface area contributed by atoms with Crippen LogP contribution in [-0.4, -0.2) is 39.5 Å². The van der Waals surface area contributed by atoms with Gasteiger partial charge < -0.3 is 26.0 Å². The lowest BCUT2D eigenvalue weighted by Crippen LogP contribution is -2.34. The van der Waals surface area contributed by atoms with Crippen molar-refractivity contribution in [2.75, 3.05) is 12.3 Å². The van der Waals surface area contributed by atoms with Crippen molar-refractivity contribution in [1.29, 1.82) is 0 Å². The molecule has 20 heavy (non-hydrogen) atoms. The fourth-order valence-electron chi connectivity index (χ4n) is 1.42. The standard InChI is InChI=1S/C12H21N3O4S/c1-12(2,3)19-11(18)14-5-4-7(16)9(17)8-6-15-10(13)20-8/h6-7,9,16-17H,4-5H2,1-3H3,(H2,13,15)(H,14,18). The molecular weight excluding hydrogens is 282 g/mol. The van der Waals surface area contributed by atoms with E-state index < -0.39 is 23.9 Å². The second-order valence-corrected chi connectivity index (χ2v) is 6.42. The van der Waals surface area contributed by atoms with E-state index >= 15 is 0 Å². The summed E-state index contributed by atoms with van der Waals surface area (Å²) in [4.78, 5) is 15.7. The third-order valence-electron chi connectivity index (χ3n) is 2.31. The van der Waals surface area contributed by atoms with Crippen molar-refractivity contribution in [2.24, 2.45) is 0 Å². The molecule has 0 spiro atoms. The number of aromatic nitrogens is 1. The summed E-state index contributed by atoms with van der Waals surface area (Å²) in [6.45, 7) is 5.49. The Morgan fingerprint density at radius 3 is 2.70 bits per heavy atom. The number of nitrogens with two attached hydrogens (primary N) is 1. The molecule has 1 amide bonds. The molecule has 2 unspecified atom stereocenters. The van der Waals surface area contributed by atoms with Crippen LogP contribution in [-0.2, 0) is 4.74 Å². The summed E-state index contributed by atoms with van der Waals surface area (Å²) in [7, 11) is 0. The molecule has 0 fully saturated rings. The summed E-state index contributed by atoms with van der Waals surface area (Å²) in [6, 6.07) is 0. The summed E-state index contributed by atoms with van der Waals surface area (Å²) in [5, 5.41) is 22.5. The van der Waals surface area contributed by atoms with E-state index in [0.717, 1.165) is 11.3 Å². The molecule has 0 radical (unpaired) electrons. The van der Waals surface area contributed by atoms with Crippen molar-refractivity contribution in [2.45, 2.75) is 45.0 Å². The van der Waals surface area contributed by atoms with Crippen LogP contribution in [0.5, 0.6) is 0 Å². The largest absolute Gasteiger partial charge is 0.444 e. The van der Waals surface area contributed by atoms with Gasteiger partial charge in [0.2, 0.25) is 0 Å². The second-order valence-electron chi connectivity index (χ2n) is 5.33. The van der Waals surface area contributed by atoms with Crippen molar-refractivity contribution in [3.8, 4) is 0 Å². The number of aliphatic hydroxyl groups is 2. The average molecular weight is 303 g/mol. The third-order valence-corrected chi connectivity index (χ3v) is 3.20. The number of hydrogen-bond acceptors (Lipinski definition) is 7. The van der Waals surface area contributed by atoms with Gasteiger partial charge in [-0.3, -0.25) is 0 Å². The number of anilines is 1. The highest BCUT2D eigenvalue weighted by Gasteiger charge is 2.21. The lowest BCUT2D eigenvalue weighted by Gasteiger charge is -2.20. The highest BCUT2D eigenvalue weighted by molar-refractivity contribution is 7.15. The van der Waals surface area contributed by atoms with E-state index in [1.807, 2.05) is 0 Å². The number of nitrogens with one attached hydrogen (secondary N) is 1. The van der Waals surface area contributed by atoms with Gasteiger partial charge in [-0.1, -0.05) is 11.3 Å². The van der Waals surface area contributed by atoms with Crippen molar-refractivity contribution in [3.05, 3.63) is 11.1 Å². The number of carbonyl (C=O) groups is 1. The number of thiazole rings is 1. The number of nitrogens with zero attached hydrogens (tertiary/aromatic N) is 1. The summed E-state index contributed by atoms with van der Waals surface area (Å²) in [6.07, 6.45) is -1.01.